The van der Waals surface area contributed by atoms with Crippen LogP contribution in [-0.2, 0) is 22.4 Å². The van der Waals surface area contributed by atoms with E-state index in [1.165, 1.54) is 0 Å². The van der Waals surface area contributed by atoms with Gasteiger partial charge in [-0.1, -0.05) is 24.3 Å². The van der Waals surface area contributed by atoms with Crippen LogP contribution in [0.2, 0.25) is 0 Å². The average Bonchev–Trinajstić information content (AvgIpc) is 3.10. The molecule has 5 nitrogen and oxygen atoms in total. The van der Waals surface area contributed by atoms with Crippen LogP contribution in [0.1, 0.15) is 16.7 Å². The summed E-state index contributed by atoms with van der Waals surface area (Å²) in [5.41, 5.74) is 3.22. The fourth-order valence-electron chi connectivity index (χ4n) is 3.04. The molecule has 1 N–H and O–H groups in total. The molecule has 1 saturated heterocycles. The predicted molar refractivity (Wildman–Crippen MR) is 92.5 cm³/mol. The highest BCUT2D eigenvalue weighted by molar-refractivity contribution is 5.81. The molecular weight excluding hydrogens is 302 g/mol. The minimum atomic E-state index is 0.126. The number of aromatic amines is 1. The van der Waals surface area contributed by atoms with E-state index in [-0.39, 0.29) is 11.8 Å². The molecule has 2 aromatic rings. The molecule has 126 valence electrons. The van der Waals surface area contributed by atoms with Crippen LogP contribution < -0.4 is 0 Å². The molecule has 2 amide bonds. The van der Waals surface area contributed by atoms with Crippen molar-refractivity contribution in [3.05, 3.63) is 59.4 Å². The maximum Gasteiger partial charge on any atom is 0.227 e. The molecule has 5 heteroatoms. The first-order chi connectivity index (χ1) is 11.6. The lowest BCUT2D eigenvalue weighted by atomic mass is 10.1. The van der Waals surface area contributed by atoms with Crippen LogP contribution in [0.4, 0.5) is 0 Å². The standard InChI is InChI=1S/C19H23N3O2/c1-15-4-2-3-5-17(15)13-19(24)22-10-8-21(9-11-22)18(23)12-16-6-7-20-14-16/h2-7,14,20H,8-13H2,1H3. The van der Waals surface area contributed by atoms with Crippen molar-refractivity contribution in [2.75, 3.05) is 26.2 Å². The summed E-state index contributed by atoms with van der Waals surface area (Å²) >= 11 is 0. The van der Waals surface area contributed by atoms with Gasteiger partial charge in [0.25, 0.3) is 0 Å². The second kappa shape index (κ2) is 7.34. The summed E-state index contributed by atoms with van der Waals surface area (Å²) in [6, 6.07) is 9.90. The second-order valence-electron chi connectivity index (χ2n) is 6.26. The van der Waals surface area contributed by atoms with E-state index in [2.05, 4.69) is 4.98 Å². The zero-order chi connectivity index (χ0) is 16.9. The van der Waals surface area contributed by atoms with Crippen LogP contribution >= 0.6 is 0 Å². The minimum Gasteiger partial charge on any atom is -0.367 e. The van der Waals surface area contributed by atoms with Crippen molar-refractivity contribution in [1.82, 2.24) is 14.8 Å². The fourth-order valence-corrected chi connectivity index (χ4v) is 3.04. The largest absolute Gasteiger partial charge is 0.367 e. The Hall–Kier alpha value is -2.56. The maximum absolute atomic E-state index is 12.5. The van der Waals surface area contributed by atoms with Gasteiger partial charge in [0.2, 0.25) is 11.8 Å². The third-order valence-electron chi connectivity index (χ3n) is 4.61. The van der Waals surface area contributed by atoms with E-state index >= 15 is 0 Å². The molecule has 3 rings (SSSR count). The van der Waals surface area contributed by atoms with Crippen molar-refractivity contribution < 1.29 is 9.59 Å². The Morgan fingerprint density at radius 2 is 1.58 bits per heavy atom. The molecule has 0 unspecified atom stereocenters. The summed E-state index contributed by atoms with van der Waals surface area (Å²) in [6.45, 7) is 4.49. The van der Waals surface area contributed by atoms with Gasteiger partial charge in [-0.3, -0.25) is 9.59 Å². The minimum absolute atomic E-state index is 0.126. The number of carbonyl (C=O) groups is 2. The topological polar surface area (TPSA) is 56.4 Å². The van der Waals surface area contributed by atoms with Gasteiger partial charge in [-0.15, -0.1) is 0 Å². The maximum atomic E-state index is 12.5. The lowest BCUT2D eigenvalue weighted by molar-refractivity contribution is -0.138. The summed E-state index contributed by atoms with van der Waals surface area (Å²) in [4.78, 5) is 31.4. The van der Waals surface area contributed by atoms with Gasteiger partial charge in [-0.2, -0.15) is 0 Å². The molecule has 1 aliphatic rings. The van der Waals surface area contributed by atoms with Gasteiger partial charge in [-0.25, -0.2) is 0 Å². The summed E-state index contributed by atoms with van der Waals surface area (Å²) in [7, 11) is 0. The number of aromatic nitrogens is 1. The highest BCUT2D eigenvalue weighted by Gasteiger charge is 2.24. The van der Waals surface area contributed by atoms with E-state index in [0.717, 1.165) is 16.7 Å². The first kappa shape index (κ1) is 16.3. The van der Waals surface area contributed by atoms with Crippen molar-refractivity contribution in [3.8, 4) is 0 Å². The van der Waals surface area contributed by atoms with Crippen LogP contribution in [0.25, 0.3) is 0 Å². The number of nitrogens with one attached hydrogen (secondary N) is 1. The number of nitrogens with zero attached hydrogens (tertiary/aromatic N) is 2. The Balaban J connectivity index is 1.50. The van der Waals surface area contributed by atoms with Crippen LogP contribution in [0, 0.1) is 6.92 Å². The number of piperazine rings is 1. The number of hydrogen-bond acceptors (Lipinski definition) is 2. The van der Waals surface area contributed by atoms with Crippen LogP contribution in [0.3, 0.4) is 0 Å². The van der Waals surface area contributed by atoms with Gasteiger partial charge in [-0.05, 0) is 29.7 Å². The van der Waals surface area contributed by atoms with Gasteiger partial charge < -0.3 is 14.8 Å². The quantitative estimate of drug-likeness (QED) is 0.931. The smallest absolute Gasteiger partial charge is 0.227 e. The van der Waals surface area contributed by atoms with Crippen LogP contribution in [0.5, 0.6) is 0 Å². The number of carbonyl (C=O) groups excluding carboxylic acids is 2. The fraction of sp³-hybridized carbons (Fsp3) is 0.368. The molecule has 0 spiro atoms. The lowest BCUT2D eigenvalue weighted by Gasteiger charge is -2.35. The highest BCUT2D eigenvalue weighted by Crippen LogP contribution is 2.12. The molecule has 2 heterocycles. The molecule has 0 aliphatic carbocycles. The Labute approximate surface area is 142 Å². The molecule has 0 atom stereocenters. The first-order valence-electron chi connectivity index (χ1n) is 8.35. The van der Waals surface area contributed by atoms with Gasteiger partial charge in [0, 0.05) is 38.6 Å². The predicted octanol–water partition coefficient (Wildman–Crippen LogP) is 1.78. The summed E-state index contributed by atoms with van der Waals surface area (Å²) < 4.78 is 0. The Kier molecular flexibility index (Phi) is 4.99. The summed E-state index contributed by atoms with van der Waals surface area (Å²) in [5.74, 6) is 0.266. The zero-order valence-corrected chi connectivity index (χ0v) is 14.0. The van der Waals surface area contributed by atoms with Gasteiger partial charge in [0.1, 0.15) is 0 Å². The molecule has 0 radical (unpaired) electrons. The number of benzene rings is 1. The van der Waals surface area contributed by atoms with Crippen LogP contribution in [-0.4, -0.2) is 52.8 Å². The molecule has 0 bridgehead atoms. The third kappa shape index (κ3) is 3.85. The zero-order valence-electron chi connectivity index (χ0n) is 14.0. The molecule has 1 aromatic heterocycles. The molecular formula is C19H23N3O2. The molecule has 0 saturated carbocycles. The molecule has 1 aliphatic heterocycles. The molecule has 1 fully saturated rings. The van der Waals surface area contributed by atoms with E-state index in [0.29, 0.717) is 39.0 Å². The SMILES string of the molecule is Cc1ccccc1CC(=O)N1CCN(C(=O)Cc2cc[nH]c2)CC1. The molecule has 1 aromatic carbocycles. The lowest BCUT2D eigenvalue weighted by Crippen LogP contribution is -2.51. The van der Waals surface area contributed by atoms with Gasteiger partial charge in [0.05, 0.1) is 12.8 Å². The first-order valence-corrected chi connectivity index (χ1v) is 8.35. The van der Waals surface area contributed by atoms with Gasteiger partial charge in [0.15, 0.2) is 0 Å². The summed E-state index contributed by atoms with van der Waals surface area (Å²) in [6.07, 6.45) is 4.52. The van der Waals surface area contributed by atoms with Crippen molar-refractivity contribution >= 4 is 11.8 Å². The monoisotopic (exact) mass is 325 g/mol. The normalized spacial score (nSPS) is 14.7. The Bertz CT molecular complexity index is 701. The average molecular weight is 325 g/mol. The number of H-pyrrole nitrogens is 1. The number of hydrogen-bond donors (Lipinski definition) is 1. The van der Waals surface area contributed by atoms with Crippen molar-refractivity contribution in [2.45, 2.75) is 19.8 Å². The van der Waals surface area contributed by atoms with Crippen LogP contribution in [0.15, 0.2) is 42.7 Å². The van der Waals surface area contributed by atoms with E-state index in [4.69, 9.17) is 0 Å². The molecule has 24 heavy (non-hydrogen) atoms. The van der Waals surface area contributed by atoms with E-state index in [1.54, 1.807) is 0 Å². The van der Waals surface area contributed by atoms with Crippen molar-refractivity contribution in [1.29, 1.82) is 0 Å². The number of aryl methyl sites for hydroxylation is 1. The summed E-state index contributed by atoms with van der Waals surface area (Å²) in [5, 5.41) is 0. The van der Waals surface area contributed by atoms with Crippen molar-refractivity contribution in [3.63, 3.8) is 0 Å². The van der Waals surface area contributed by atoms with E-state index in [1.807, 2.05) is 59.4 Å². The Morgan fingerprint density at radius 3 is 2.17 bits per heavy atom. The number of amides is 2. The van der Waals surface area contributed by atoms with Gasteiger partial charge >= 0.3 is 0 Å². The van der Waals surface area contributed by atoms with E-state index < -0.39 is 0 Å². The second-order valence-corrected chi connectivity index (χ2v) is 6.26. The number of rotatable bonds is 4. The highest BCUT2D eigenvalue weighted by atomic mass is 16.2. The Morgan fingerprint density at radius 1 is 0.958 bits per heavy atom. The third-order valence-corrected chi connectivity index (χ3v) is 4.61. The van der Waals surface area contributed by atoms with Crippen molar-refractivity contribution in [2.24, 2.45) is 0 Å². The van der Waals surface area contributed by atoms with E-state index in [9.17, 15) is 9.59 Å².